The fourth-order valence-electron chi connectivity index (χ4n) is 3.09. The number of Topliss-reactive ketones (excluding diaryl/α,β-unsaturated/α-hetero) is 1. The summed E-state index contributed by atoms with van der Waals surface area (Å²) in [6.07, 6.45) is 2.54. The monoisotopic (exact) mass is 344 g/mol. The minimum atomic E-state index is -3.70. The molecule has 1 aliphatic carbocycles. The summed E-state index contributed by atoms with van der Waals surface area (Å²) in [5.74, 6) is -0.162. The van der Waals surface area contributed by atoms with Crippen molar-refractivity contribution in [1.82, 2.24) is 4.72 Å². The fraction of sp³-hybridized carbons (Fsp3) is 0.278. The first kappa shape index (κ1) is 16.7. The van der Waals surface area contributed by atoms with Crippen LogP contribution in [0.5, 0.6) is 0 Å². The summed E-state index contributed by atoms with van der Waals surface area (Å²) in [6, 6.07) is 11.4. The molecular formula is C18H20N2O3S. The van der Waals surface area contributed by atoms with Crippen molar-refractivity contribution in [1.29, 1.82) is 0 Å². The smallest absolute Gasteiger partial charge is 0.241 e. The van der Waals surface area contributed by atoms with Gasteiger partial charge in [0.05, 0.1) is 4.90 Å². The second-order valence-electron chi connectivity index (χ2n) is 6.11. The van der Waals surface area contributed by atoms with E-state index in [-0.39, 0.29) is 16.7 Å². The molecule has 2 aromatic carbocycles. The van der Waals surface area contributed by atoms with Gasteiger partial charge in [-0.1, -0.05) is 18.2 Å². The van der Waals surface area contributed by atoms with E-state index in [9.17, 15) is 13.2 Å². The molecule has 126 valence electrons. The Hall–Kier alpha value is -2.18. The van der Waals surface area contributed by atoms with Crippen molar-refractivity contribution >= 4 is 21.5 Å². The van der Waals surface area contributed by atoms with Crippen molar-refractivity contribution in [2.24, 2.45) is 0 Å². The number of nitrogens with one attached hydrogen (secondary N) is 1. The number of rotatable bonds is 4. The molecule has 5 nitrogen and oxygen atoms in total. The molecule has 1 unspecified atom stereocenters. The topological polar surface area (TPSA) is 89.3 Å². The van der Waals surface area contributed by atoms with E-state index in [1.54, 1.807) is 18.2 Å². The normalized spacial score (nSPS) is 17.3. The lowest BCUT2D eigenvalue weighted by atomic mass is 9.88. The van der Waals surface area contributed by atoms with E-state index in [2.05, 4.69) is 4.72 Å². The number of nitrogen functional groups attached to an aromatic ring is 1. The van der Waals surface area contributed by atoms with Crippen molar-refractivity contribution in [3.63, 3.8) is 0 Å². The largest absolute Gasteiger partial charge is 0.399 e. The molecule has 0 saturated carbocycles. The van der Waals surface area contributed by atoms with Crippen molar-refractivity contribution in [3.8, 4) is 0 Å². The Bertz CT molecular complexity index is 891. The lowest BCUT2D eigenvalue weighted by Crippen LogP contribution is -2.31. The average Bonchev–Trinajstić information content (AvgIpc) is 2.54. The fourth-order valence-corrected chi connectivity index (χ4v) is 4.39. The number of carbonyl (C=O) groups is 1. The number of fused-ring (bicyclic) bond motifs is 1. The number of carbonyl (C=O) groups excluding carboxylic acids is 1. The molecular weight excluding hydrogens is 324 g/mol. The van der Waals surface area contributed by atoms with Gasteiger partial charge in [-0.15, -0.1) is 0 Å². The quantitative estimate of drug-likeness (QED) is 0.659. The van der Waals surface area contributed by atoms with Gasteiger partial charge in [-0.25, -0.2) is 13.1 Å². The third-order valence-corrected chi connectivity index (χ3v) is 5.80. The predicted molar refractivity (Wildman–Crippen MR) is 93.3 cm³/mol. The predicted octanol–water partition coefficient (Wildman–Crippen LogP) is 2.83. The molecule has 0 radical (unpaired) electrons. The van der Waals surface area contributed by atoms with Gasteiger partial charge in [0.1, 0.15) is 0 Å². The number of aryl methyl sites for hydroxylation is 1. The second-order valence-corrected chi connectivity index (χ2v) is 7.82. The van der Waals surface area contributed by atoms with E-state index in [4.69, 9.17) is 5.73 Å². The Morgan fingerprint density at radius 2 is 2.00 bits per heavy atom. The highest BCUT2D eigenvalue weighted by Crippen LogP contribution is 2.32. The Kier molecular flexibility index (Phi) is 4.43. The maximum absolute atomic E-state index is 12.7. The van der Waals surface area contributed by atoms with Crippen LogP contribution in [0.1, 0.15) is 47.3 Å². The summed E-state index contributed by atoms with van der Waals surface area (Å²) >= 11 is 0. The molecule has 0 fully saturated rings. The van der Waals surface area contributed by atoms with Crippen LogP contribution in [0.3, 0.4) is 0 Å². The van der Waals surface area contributed by atoms with Gasteiger partial charge in [-0.3, -0.25) is 4.79 Å². The first-order valence-electron chi connectivity index (χ1n) is 7.88. The summed E-state index contributed by atoms with van der Waals surface area (Å²) in [4.78, 5) is 11.6. The van der Waals surface area contributed by atoms with Crippen LogP contribution in [-0.2, 0) is 16.4 Å². The van der Waals surface area contributed by atoms with Gasteiger partial charge in [0.25, 0.3) is 0 Å². The molecule has 24 heavy (non-hydrogen) atoms. The maximum atomic E-state index is 12.7. The molecule has 2 aromatic rings. The lowest BCUT2D eigenvalue weighted by molar-refractivity contribution is 0.101. The number of hydrogen-bond donors (Lipinski definition) is 2. The second kappa shape index (κ2) is 6.37. The molecule has 3 rings (SSSR count). The third-order valence-electron chi connectivity index (χ3n) is 4.33. The number of ketones is 1. The highest BCUT2D eigenvalue weighted by atomic mass is 32.2. The van der Waals surface area contributed by atoms with Gasteiger partial charge in [0.15, 0.2) is 5.78 Å². The van der Waals surface area contributed by atoms with E-state index in [0.29, 0.717) is 11.3 Å². The van der Waals surface area contributed by atoms with Crippen LogP contribution in [-0.4, -0.2) is 14.2 Å². The summed E-state index contributed by atoms with van der Waals surface area (Å²) in [5, 5.41) is 0. The summed E-state index contributed by atoms with van der Waals surface area (Å²) in [6.45, 7) is 1.42. The minimum Gasteiger partial charge on any atom is -0.399 e. The van der Waals surface area contributed by atoms with E-state index in [1.807, 2.05) is 12.1 Å². The van der Waals surface area contributed by atoms with Gasteiger partial charge in [0, 0.05) is 17.3 Å². The van der Waals surface area contributed by atoms with Crippen molar-refractivity contribution in [3.05, 3.63) is 59.2 Å². The third kappa shape index (κ3) is 3.34. The Labute approximate surface area is 141 Å². The molecule has 0 aromatic heterocycles. The van der Waals surface area contributed by atoms with Gasteiger partial charge < -0.3 is 5.73 Å². The molecule has 0 aliphatic heterocycles. The molecule has 1 aliphatic rings. The Morgan fingerprint density at radius 1 is 1.21 bits per heavy atom. The van der Waals surface area contributed by atoms with Crippen LogP contribution in [0.2, 0.25) is 0 Å². The molecule has 1 atom stereocenters. The zero-order valence-electron chi connectivity index (χ0n) is 13.5. The van der Waals surface area contributed by atoms with E-state index < -0.39 is 10.0 Å². The zero-order chi connectivity index (χ0) is 17.3. The van der Waals surface area contributed by atoms with Crippen molar-refractivity contribution in [2.75, 3.05) is 5.73 Å². The molecule has 0 saturated heterocycles. The lowest BCUT2D eigenvalue weighted by Gasteiger charge is -2.26. The average molecular weight is 344 g/mol. The molecule has 3 N–H and O–H groups in total. The van der Waals surface area contributed by atoms with Crippen LogP contribution in [0.25, 0.3) is 0 Å². The van der Waals surface area contributed by atoms with Crippen molar-refractivity contribution < 1.29 is 13.2 Å². The van der Waals surface area contributed by atoms with E-state index >= 15 is 0 Å². The van der Waals surface area contributed by atoms with Crippen LogP contribution < -0.4 is 10.5 Å². The number of nitrogens with two attached hydrogens (primary N) is 1. The van der Waals surface area contributed by atoms with Gasteiger partial charge in [-0.2, -0.15) is 0 Å². The molecule has 0 heterocycles. The number of anilines is 1. The first-order valence-corrected chi connectivity index (χ1v) is 9.37. The first-order chi connectivity index (χ1) is 11.4. The number of sulfonamides is 1. The zero-order valence-corrected chi connectivity index (χ0v) is 14.3. The van der Waals surface area contributed by atoms with E-state index in [0.717, 1.165) is 30.4 Å². The molecule has 0 bridgehead atoms. The molecule has 6 heteroatoms. The maximum Gasteiger partial charge on any atom is 0.241 e. The van der Waals surface area contributed by atoms with Crippen LogP contribution in [0.4, 0.5) is 5.69 Å². The highest BCUT2D eigenvalue weighted by Gasteiger charge is 2.26. The summed E-state index contributed by atoms with van der Waals surface area (Å²) < 4.78 is 28.2. The molecule has 0 spiro atoms. The molecule has 0 amide bonds. The van der Waals surface area contributed by atoms with Gasteiger partial charge in [0.2, 0.25) is 10.0 Å². The van der Waals surface area contributed by atoms with Crippen LogP contribution in [0.15, 0.2) is 47.4 Å². The van der Waals surface area contributed by atoms with E-state index in [1.165, 1.54) is 19.1 Å². The summed E-state index contributed by atoms with van der Waals surface area (Å²) in [5.41, 5.74) is 8.95. The highest BCUT2D eigenvalue weighted by molar-refractivity contribution is 7.89. The standard InChI is InChI=1S/C18H20N2O3S/c1-12(21)13-4-2-6-16(11-13)24(22,23)20-18-7-3-5-14-10-15(19)8-9-17(14)18/h2,4,6,8-11,18,20H,3,5,7,19H2,1H3. The SMILES string of the molecule is CC(=O)c1cccc(S(=O)(=O)NC2CCCc3cc(N)ccc32)c1. The number of benzene rings is 2. The van der Waals surface area contributed by atoms with Crippen molar-refractivity contribution in [2.45, 2.75) is 37.1 Å². The number of hydrogen-bond acceptors (Lipinski definition) is 4. The summed E-state index contributed by atoms with van der Waals surface area (Å²) in [7, 11) is -3.70. The Morgan fingerprint density at radius 3 is 2.75 bits per heavy atom. The Balaban J connectivity index is 1.91. The minimum absolute atomic E-state index is 0.109. The van der Waals surface area contributed by atoms with Gasteiger partial charge in [-0.05, 0) is 61.6 Å². The van der Waals surface area contributed by atoms with Crippen LogP contribution in [0, 0.1) is 0 Å². The van der Waals surface area contributed by atoms with Crippen LogP contribution >= 0.6 is 0 Å². The van der Waals surface area contributed by atoms with Gasteiger partial charge >= 0.3 is 0 Å².